The van der Waals surface area contributed by atoms with Gasteiger partial charge in [0, 0.05) is 32.4 Å². The molecule has 1 fully saturated rings. The average molecular weight is 214 g/mol. The molecule has 3 heterocycles. The lowest BCUT2D eigenvalue weighted by Gasteiger charge is -2.28. The molecule has 3 rings (SSSR count). The topological polar surface area (TPSA) is 41.1 Å². The van der Waals surface area contributed by atoms with Gasteiger partial charge < -0.3 is 10.2 Å². The van der Waals surface area contributed by atoms with E-state index in [0.29, 0.717) is 0 Å². The summed E-state index contributed by atoms with van der Waals surface area (Å²) in [4.78, 5) is 11.2. The van der Waals surface area contributed by atoms with Gasteiger partial charge in [-0.3, -0.25) is 4.98 Å². The van der Waals surface area contributed by atoms with Gasteiger partial charge in [0.15, 0.2) is 0 Å². The Hall–Kier alpha value is -1.68. The molecule has 4 heteroatoms. The summed E-state index contributed by atoms with van der Waals surface area (Å²) in [5.74, 6) is 1.06. The van der Waals surface area contributed by atoms with Crippen molar-refractivity contribution in [1.29, 1.82) is 0 Å². The Balaban J connectivity index is 1.97. The monoisotopic (exact) mass is 214 g/mol. The minimum Gasteiger partial charge on any atom is -0.354 e. The van der Waals surface area contributed by atoms with Crippen molar-refractivity contribution in [2.24, 2.45) is 0 Å². The summed E-state index contributed by atoms with van der Waals surface area (Å²) < 4.78 is 0. The molecule has 16 heavy (non-hydrogen) atoms. The molecular formula is C12H14N4. The third-order valence-electron chi connectivity index (χ3n) is 2.88. The summed E-state index contributed by atoms with van der Waals surface area (Å²) in [6, 6.07) is 8.03. The van der Waals surface area contributed by atoms with Crippen molar-refractivity contribution in [2.45, 2.75) is 0 Å². The lowest BCUT2D eigenvalue weighted by atomic mass is 10.3. The van der Waals surface area contributed by atoms with E-state index in [1.54, 1.807) is 6.20 Å². The molecule has 0 unspecified atom stereocenters. The van der Waals surface area contributed by atoms with E-state index in [1.807, 2.05) is 18.2 Å². The second-order valence-electron chi connectivity index (χ2n) is 3.95. The van der Waals surface area contributed by atoms with Crippen LogP contribution in [0.4, 0.5) is 5.82 Å². The number of anilines is 1. The molecule has 1 aliphatic rings. The number of pyridine rings is 2. The molecule has 2 aromatic heterocycles. The minimum atomic E-state index is 0.960. The highest BCUT2D eigenvalue weighted by Gasteiger charge is 2.11. The number of piperazine rings is 1. The van der Waals surface area contributed by atoms with E-state index in [0.717, 1.165) is 43.0 Å². The number of hydrogen-bond donors (Lipinski definition) is 1. The van der Waals surface area contributed by atoms with Crippen molar-refractivity contribution < 1.29 is 0 Å². The van der Waals surface area contributed by atoms with Crippen LogP contribution in [0, 0.1) is 0 Å². The summed E-state index contributed by atoms with van der Waals surface area (Å²) in [5.41, 5.74) is 1.93. The van der Waals surface area contributed by atoms with Crippen molar-refractivity contribution in [2.75, 3.05) is 31.1 Å². The molecule has 0 aromatic carbocycles. The van der Waals surface area contributed by atoms with Crippen LogP contribution in [-0.2, 0) is 0 Å². The second kappa shape index (κ2) is 4.06. The highest BCUT2D eigenvalue weighted by molar-refractivity contribution is 5.75. The first kappa shape index (κ1) is 9.54. The molecule has 0 atom stereocenters. The third kappa shape index (κ3) is 1.72. The van der Waals surface area contributed by atoms with E-state index in [-0.39, 0.29) is 0 Å². The maximum atomic E-state index is 4.63. The summed E-state index contributed by atoms with van der Waals surface area (Å²) in [5, 5.41) is 3.34. The summed E-state index contributed by atoms with van der Waals surface area (Å²) in [6.45, 7) is 4.12. The first-order chi connectivity index (χ1) is 7.93. The summed E-state index contributed by atoms with van der Waals surface area (Å²) in [7, 11) is 0. The van der Waals surface area contributed by atoms with Gasteiger partial charge in [-0.2, -0.15) is 0 Å². The molecule has 0 saturated carbocycles. The van der Waals surface area contributed by atoms with Gasteiger partial charge in [-0.25, -0.2) is 4.98 Å². The number of hydrogen-bond acceptors (Lipinski definition) is 4. The van der Waals surface area contributed by atoms with Crippen molar-refractivity contribution in [3.8, 4) is 0 Å². The molecule has 0 aliphatic carbocycles. The Morgan fingerprint density at radius 3 is 2.81 bits per heavy atom. The average Bonchev–Trinajstić information content (AvgIpc) is 2.39. The number of fused-ring (bicyclic) bond motifs is 1. The fraction of sp³-hybridized carbons (Fsp3) is 0.333. The van der Waals surface area contributed by atoms with Crippen LogP contribution in [0.15, 0.2) is 30.5 Å². The maximum absolute atomic E-state index is 4.63. The van der Waals surface area contributed by atoms with Crippen LogP contribution in [0.25, 0.3) is 11.0 Å². The molecule has 1 N–H and O–H groups in total. The Bertz CT molecular complexity index is 491. The highest BCUT2D eigenvalue weighted by Crippen LogP contribution is 2.16. The third-order valence-corrected chi connectivity index (χ3v) is 2.88. The van der Waals surface area contributed by atoms with E-state index < -0.39 is 0 Å². The van der Waals surface area contributed by atoms with Crippen LogP contribution < -0.4 is 10.2 Å². The molecule has 2 aromatic rings. The van der Waals surface area contributed by atoms with Gasteiger partial charge in [-0.1, -0.05) is 0 Å². The molecule has 0 spiro atoms. The number of rotatable bonds is 1. The molecule has 4 nitrogen and oxygen atoms in total. The van der Waals surface area contributed by atoms with Crippen LogP contribution in [0.1, 0.15) is 0 Å². The van der Waals surface area contributed by atoms with Crippen molar-refractivity contribution in [1.82, 2.24) is 15.3 Å². The van der Waals surface area contributed by atoms with E-state index >= 15 is 0 Å². The number of nitrogens with zero attached hydrogens (tertiary/aromatic N) is 3. The maximum Gasteiger partial charge on any atom is 0.129 e. The molecular weight excluding hydrogens is 200 g/mol. The van der Waals surface area contributed by atoms with Gasteiger partial charge in [0.05, 0.1) is 11.0 Å². The Labute approximate surface area is 94.3 Å². The van der Waals surface area contributed by atoms with Crippen LogP contribution in [-0.4, -0.2) is 36.1 Å². The Morgan fingerprint density at radius 1 is 1.06 bits per heavy atom. The fourth-order valence-electron chi connectivity index (χ4n) is 2.02. The van der Waals surface area contributed by atoms with Gasteiger partial charge in [0.2, 0.25) is 0 Å². The van der Waals surface area contributed by atoms with Crippen LogP contribution in [0.5, 0.6) is 0 Å². The number of aromatic nitrogens is 2. The van der Waals surface area contributed by atoms with E-state index in [4.69, 9.17) is 0 Å². The SMILES string of the molecule is c1cnc2ccc(N3CCNCC3)nc2c1. The number of nitrogens with one attached hydrogen (secondary N) is 1. The highest BCUT2D eigenvalue weighted by atomic mass is 15.2. The second-order valence-corrected chi connectivity index (χ2v) is 3.95. The van der Waals surface area contributed by atoms with Crippen LogP contribution in [0.2, 0.25) is 0 Å². The van der Waals surface area contributed by atoms with E-state index in [2.05, 4.69) is 26.3 Å². The van der Waals surface area contributed by atoms with Crippen LogP contribution >= 0.6 is 0 Å². The van der Waals surface area contributed by atoms with Crippen molar-refractivity contribution in [3.05, 3.63) is 30.5 Å². The van der Waals surface area contributed by atoms with Gasteiger partial charge in [0.1, 0.15) is 5.82 Å². The minimum absolute atomic E-state index is 0.960. The largest absolute Gasteiger partial charge is 0.354 e. The molecule has 1 aliphatic heterocycles. The van der Waals surface area contributed by atoms with E-state index in [1.165, 1.54) is 0 Å². The van der Waals surface area contributed by atoms with Gasteiger partial charge in [0.25, 0.3) is 0 Å². The first-order valence-corrected chi connectivity index (χ1v) is 5.61. The van der Waals surface area contributed by atoms with Gasteiger partial charge >= 0.3 is 0 Å². The lowest BCUT2D eigenvalue weighted by molar-refractivity contribution is 0.585. The zero-order chi connectivity index (χ0) is 10.8. The Kier molecular flexibility index (Phi) is 2.42. The molecule has 1 saturated heterocycles. The van der Waals surface area contributed by atoms with Crippen molar-refractivity contribution >= 4 is 16.9 Å². The quantitative estimate of drug-likeness (QED) is 0.770. The first-order valence-electron chi connectivity index (χ1n) is 5.61. The molecule has 0 radical (unpaired) electrons. The smallest absolute Gasteiger partial charge is 0.129 e. The normalized spacial score (nSPS) is 16.6. The van der Waals surface area contributed by atoms with Gasteiger partial charge in [-0.15, -0.1) is 0 Å². The Morgan fingerprint density at radius 2 is 1.94 bits per heavy atom. The predicted molar refractivity (Wildman–Crippen MR) is 64.6 cm³/mol. The van der Waals surface area contributed by atoms with E-state index in [9.17, 15) is 0 Å². The zero-order valence-electron chi connectivity index (χ0n) is 9.06. The molecule has 82 valence electrons. The standard InChI is InChI=1S/C12H14N4/c1-2-11-10(14-5-1)3-4-12(15-11)16-8-6-13-7-9-16/h1-5,13H,6-9H2. The summed E-state index contributed by atoms with van der Waals surface area (Å²) >= 11 is 0. The van der Waals surface area contributed by atoms with Crippen LogP contribution in [0.3, 0.4) is 0 Å². The molecule has 0 amide bonds. The fourth-order valence-corrected chi connectivity index (χ4v) is 2.02. The molecule has 0 bridgehead atoms. The lowest BCUT2D eigenvalue weighted by Crippen LogP contribution is -2.43. The van der Waals surface area contributed by atoms with Gasteiger partial charge in [-0.05, 0) is 24.3 Å². The van der Waals surface area contributed by atoms with Crippen molar-refractivity contribution in [3.63, 3.8) is 0 Å². The predicted octanol–water partition coefficient (Wildman–Crippen LogP) is 1.04. The zero-order valence-corrected chi connectivity index (χ0v) is 9.06. The summed E-state index contributed by atoms with van der Waals surface area (Å²) in [6.07, 6.45) is 1.80.